The Morgan fingerprint density at radius 1 is 1.43 bits per heavy atom. The second kappa shape index (κ2) is 5.67. The van der Waals surface area contributed by atoms with E-state index >= 15 is 0 Å². The Morgan fingerprint density at radius 2 is 2.10 bits per heavy atom. The quantitative estimate of drug-likeness (QED) is 0.587. The van der Waals surface area contributed by atoms with Crippen molar-refractivity contribution in [3.63, 3.8) is 0 Å². The fraction of sp³-hybridized carbons (Fsp3) is 0.308. The predicted molar refractivity (Wildman–Crippen MR) is 69.2 cm³/mol. The zero-order valence-electron chi connectivity index (χ0n) is 10.6. The summed E-state index contributed by atoms with van der Waals surface area (Å²) in [4.78, 5) is 11.7. The van der Waals surface area contributed by atoms with E-state index in [1.807, 2.05) is 0 Å². The van der Waals surface area contributed by atoms with E-state index in [1.165, 1.54) is 13.0 Å². The minimum atomic E-state index is -4.87. The lowest BCUT2D eigenvalue weighted by Crippen LogP contribution is -2.41. The Balaban J connectivity index is 2.55. The van der Waals surface area contributed by atoms with Gasteiger partial charge in [0, 0.05) is 10.0 Å². The first-order chi connectivity index (χ1) is 9.74. The Hall–Kier alpha value is -1.57. The summed E-state index contributed by atoms with van der Waals surface area (Å²) in [7, 11) is 0. The number of carbonyl (C=O) groups is 1. The molecular formula is C13H9BrF4O3. The fourth-order valence-corrected chi connectivity index (χ4v) is 2.31. The first-order valence-corrected chi connectivity index (χ1v) is 6.64. The summed E-state index contributed by atoms with van der Waals surface area (Å²) in [5.41, 5.74) is -0.681. The average molecular weight is 369 g/mol. The topological polar surface area (TPSA) is 35.5 Å². The third kappa shape index (κ3) is 3.20. The highest BCUT2D eigenvalue weighted by Crippen LogP contribution is 2.40. The van der Waals surface area contributed by atoms with Gasteiger partial charge in [-0.1, -0.05) is 15.9 Å². The molecule has 0 saturated heterocycles. The van der Waals surface area contributed by atoms with Crippen LogP contribution in [0.25, 0.3) is 6.08 Å². The third-order valence-corrected chi connectivity index (χ3v) is 3.13. The number of halogens is 5. The van der Waals surface area contributed by atoms with Crippen LogP contribution in [0.15, 0.2) is 22.2 Å². The van der Waals surface area contributed by atoms with Crippen LogP contribution in [0.5, 0.6) is 5.75 Å². The number of hydrogen-bond acceptors (Lipinski definition) is 3. The number of carbonyl (C=O) groups excluding carboxylic acids is 1. The zero-order valence-corrected chi connectivity index (χ0v) is 12.2. The summed E-state index contributed by atoms with van der Waals surface area (Å²) >= 11 is 3.02. The van der Waals surface area contributed by atoms with Crippen molar-refractivity contribution in [2.24, 2.45) is 0 Å². The van der Waals surface area contributed by atoms with E-state index in [-0.39, 0.29) is 12.2 Å². The second-order valence-electron chi connectivity index (χ2n) is 4.17. The number of hydrogen-bond donors (Lipinski definition) is 0. The van der Waals surface area contributed by atoms with Crippen molar-refractivity contribution >= 4 is 28.0 Å². The number of ether oxygens (including phenoxy) is 2. The molecule has 0 aliphatic carbocycles. The first kappa shape index (κ1) is 15.8. The summed E-state index contributed by atoms with van der Waals surface area (Å²) < 4.78 is 62.3. The second-order valence-corrected chi connectivity index (χ2v) is 5.08. The monoisotopic (exact) mass is 368 g/mol. The molecule has 1 aliphatic rings. The predicted octanol–water partition coefficient (Wildman–Crippen LogP) is 3.86. The van der Waals surface area contributed by atoms with E-state index in [9.17, 15) is 22.4 Å². The molecule has 21 heavy (non-hydrogen) atoms. The van der Waals surface area contributed by atoms with Crippen LogP contribution < -0.4 is 4.74 Å². The Kier molecular flexibility index (Phi) is 4.27. The molecule has 114 valence electrons. The molecule has 0 saturated carbocycles. The summed E-state index contributed by atoms with van der Waals surface area (Å²) in [6, 6.07) is 2.33. The van der Waals surface area contributed by atoms with Crippen LogP contribution in [0.2, 0.25) is 0 Å². The molecule has 1 unspecified atom stereocenters. The lowest BCUT2D eigenvalue weighted by Gasteiger charge is -2.28. The van der Waals surface area contributed by atoms with Gasteiger partial charge < -0.3 is 9.47 Å². The average Bonchev–Trinajstić information content (AvgIpc) is 2.36. The molecule has 0 N–H and O–H groups in total. The largest absolute Gasteiger partial charge is 0.472 e. The molecule has 8 heteroatoms. The minimum Gasteiger partial charge on any atom is -0.472 e. The number of alkyl halides is 3. The van der Waals surface area contributed by atoms with Crippen LogP contribution in [-0.4, -0.2) is 24.9 Å². The van der Waals surface area contributed by atoms with Gasteiger partial charge in [-0.05, 0) is 25.1 Å². The van der Waals surface area contributed by atoms with Crippen molar-refractivity contribution < 1.29 is 31.8 Å². The van der Waals surface area contributed by atoms with E-state index in [0.29, 0.717) is 4.47 Å². The van der Waals surface area contributed by atoms with Gasteiger partial charge in [0.2, 0.25) is 6.10 Å². The molecule has 0 bridgehead atoms. The minimum absolute atomic E-state index is 0.0328. The van der Waals surface area contributed by atoms with Gasteiger partial charge >= 0.3 is 12.1 Å². The van der Waals surface area contributed by atoms with Crippen LogP contribution in [0.1, 0.15) is 12.5 Å². The van der Waals surface area contributed by atoms with Crippen molar-refractivity contribution in [2.75, 3.05) is 6.61 Å². The van der Waals surface area contributed by atoms with Crippen molar-refractivity contribution in [3.8, 4) is 5.75 Å². The highest BCUT2D eigenvalue weighted by Gasteiger charge is 2.49. The smallest absolute Gasteiger partial charge is 0.430 e. The van der Waals surface area contributed by atoms with Gasteiger partial charge in [0.15, 0.2) is 11.6 Å². The van der Waals surface area contributed by atoms with Crippen molar-refractivity contribution in [1.29, 1.82) is 0 Å². The maximum absolute atomic E-state index is 13.7. The molecule has 0 radical (unpaired) electrons. The zero-order chi connectivity index (χ0) is 15.8. The number of fused-ring (bicyclic) bond motifs is 1. The maximum Gasteiger partial charge on any atom is 0.430 e. The van der Waals surface area contributed by atoms with Crippen LogP contribution in [0.4, 0.5) is 17.6 Å². The summed E-state index contributed by atoms with van der Waals surface area (Å²) in [6.45, 7) is 1.38. The van der Waals surface area contributed by atoms with E-state index in [1.54, 1.807) is 0 Å². The van der Waals surface area contributed by atoms with Gasteiger partial charge in [0.1, 0.15) is 0 Å². The molecule has 1 aliphatic heterocycles. The molecule has 1 atom stereocenters. The molecule has 3 nitrogen and oxygen atoms in total. The molecule has 0 spiro atoms. The van der Waals surface area contributed by atoms with Gasteiger partial charge in [0.05, 0.1) is 12.2 Å². The fourth-order valence-electron chi connectivity index (χ4n) is 1.86. The molecule has 1 aromatic carbocycles. The standard InChI is InChI=1S/C13H9BrF4O3/c1-2-20-12(19)8-4-6-3-7(14)5-9(15)10(6)21-11(8)13(16,17)18/h3-5,11H,2H2,1H3. The van der Waals surface area contributed by atoms with Gasteiger partial charge in [-0.2, -0.15) is 13.2 Å². The van der Waals surface area contributed by atoms with E-state index in [2.05, 4.69) is 25.4 Å². The summed E-state index contributed by atoms with van der Waals surface area (Å²) in [5.74, 6) is -2.65. The van der Waals surface area contributed by atoms with Crippen LogP contribution in [0, 0.1) is 5.82 Å². The first-order valence-electron chi connectivity index (χ1n) is 5.85. The molecular weight excluding hydrogens is 360 g/mol. The Morgan fingerprint density at radius 3 is 2.67 bits per heavy atom. The van der Waals surface area contributed by atoms with E-state index in [0.717, 1.165) is 12.1 Å². The molecule has 0 amide bonds. The SMILES string of the molecule is CCOC(=O)C1=Cc2cc(Br)cc(F)c2OC1C(F)(F)F. The van der Waals surface area contributed by atoms with Crippen molar-refractivity contribution in [2.45, 2.75) is 19.2 Å². The van der Waals surface area contributed by atoms with Gasteiger partial charge in [-0.25, -0.2) is 9.18 Å². The van der Waals surface area contributed by atoms with E-state index in [4.69, 9.17) is 0 Å². The molecule has 0 aromatic heterocycles. The van der Waals surface area contributed by atoms with Crippen molar-refractivity contribution in [3.05, 3.63) is 33.6 Å². The summed E-state index contributed by atoms with van der Waals surface area (Å²) in [5, 5.41) is 0. The molecule has 1 aromatic rings. The van der Waals surface area contributed by atoms with Crippen LogP contribution in [-0.2, 0) is 9.53 Å². The highest BCUT2D eigenvalue weighted by atomic mass is 79.9. The number of rotatable bonds is 2. The highest BCUT2D eigenvalue weighted by molar-refractivity contribution is 9.10. The van der Waals surface area contributed by atoms with Crippen LogP contribution >= 0.6 is 15.9 Å². The maximum atomic E-state index is 13.7. The molecule has 1 heterocycles. The summed E-state index contributed by atoms with van der Waals surface area (Å²) in [6.07, 6.45) is -6.49. The van der Waals surface area contributed by atoms with E-state index < -0.39 is 35.4 Å². The number of esters is 1. The normalized spacial score (nSPS) is 17.6. The van der Waals surface area contributed by atoms with Crippen LogP contribution in [0.3, 0.4) is 0 Å². The van der Waals surface area contributed by atoms with Crippen molar-refractivity contribution in [1.82, 2.24) is 0 Å². The Labute approximate surface area is 125 Å². The lowest BCUT2D eigenvalue weighted by atomic mass is 10.0. The third-order valence-electron chi connectivity index (χ3n) is 2.67. The van der Waals surface area contributed by atoms with Gasteiger partial charge in [-0.15, -0.1) is 0 Å². The Bertz CT molecular complexity index is 610. The molecule has 2 rings (SSSR count). The lowest BCUT2D eigenvalue weighted by molar-refractivity contribution is -0.188. The number of benzene rings is 1. The van der Waals surface area contributed by atoms with Gasteiger partial charge in [-0.3, -0.25) is 0 Å². The molecule has 0 fully saturated rings. The van der Waals surface area contributed by atoms with Gasteiger partial charge in [0.25, 0.3) is 0 Å².